The SMILES string of the molecule is CC/C=C\C/C=C\C/C=C\C/C=C\CCCCCCCCC(=O)NC(COP(=O)(O)OCC[N+](C)(C)C)C(O)/C=C/CC/C=C/CCCCCCCCCCCCCCCCCC. The quantitative estimate of drug-likeness (QED) is 0.0243. The summed E-state index contributed by atoms with van der Waals surface area (Å²) in [6.45, 7) is 4.67. The van der Waals surface area contributed by atoms with E-state index in [-0.39, 0.29) is 19.1 Å². The van der Waals surface area contributed by atoms with E-state index in [4.69, 9.17) is 9.05 Å². The van der Waals surface area contributed by atoms with Crippen LogP contribution in [-0.2, 0) is 18.4 Å². The molecular formula is C54H100N2O6P+. The Labute approximate surface area is 389 Å². The molecule has 3 N–H and O–H groups in total. The number of amides is 1. The maximum Gasteiger partial charge on any atom is 0.472 e. The predicted octanol–water partition coefficient (Wildman–Crippen LogP) is 15.1. The summed E-state index contributed by atoms with van der Waals surface area (Å²) in [4.78, 5) is 23.2. The first-order valence-electron chi connectivity index (χ1n) is 25.8. The Morgan fingerprint density at radius 2 is 0.968 bits per heavy atom. The molecule has 0 aliphatic heterocycles. The van der Waals surface area contributed by atoms with Crippen molar-refractivity contribution in [1.82, 2.24) is 5.32 Å². The first-order valence-corrected chi connectivity index (χ1v) is 27.3. The minimum absolute atomic E-state index is 0.0498. The molecule has 0 aromatic heterocycles. The summed E-state index contributed by atoms with van der Waals surface area (Å²) in [5.74, 6) is -0.203. The van der Waals surface area contributed by atoms with Crippen LogP contribution in [0.25, 0.3) is 0 Å². The van der Waals surface area contributed by atoms with Crippen molar-refractivity contribution >= 4 is 13.7 Å². The Hall–Kier alpha value is -2.06. The molecule has 3 atom stereocenters. The highest BCUT2D eigenvalue weighted by atomic mass is 31.2. The van der Waals surface area contributed by atoms with Crippen molar-refractivity contribution in [2.24, 2.45) is 0 Å². The van der Waals surface area contributed by atoms with Crippen LogP contribution in [0.15, 0.2) is 72.9 Å². The largest absolute Gasteiger partial charge is 0.472 e. The number of hydrogen-bond donors (Lipinski definition) is 3. The molecule has 0 aliphatic carbocycles. The average Bonchev–Trinajstić information content (AvgIpc) is 3.24. The normalized spacial score (nSPS) is 14.7. The maximum atomic E-state index is 12.9. The molecule has 9 heteroatoms. The van der Waals surface area contributed by atoms with E-state index in [9.17, 15) is 19.4 Å². The summed E-state index contributed by atoms with van der Waals surface area (Å²) in [7, 11) is 1.54. The van der Waals surface area contributed by atoms with Gasteiger partial charge in [-0.2, -0.15) is 0 Å². The Balaban J connectivity index is 4.39. The Kier molecular flexibility index (Phi) is 43.6. The first kappa shape index (κ1) is 60.9. The van der Waals surface area contributed by atoms with Gasteiger partial charge >= 0.3 is 7.82 Å². The predicted molar refractivity (Wildman–Crippen MR) is 272 cm³/mol. The van der Waals surface area contributed by atoms with Crippen LogP contribution in [0.3, 0.4) is 0 Å². The number of quaternary nitrogens is 1. The summed E-state index contributed by atoms with van der Waals surface area (Å²) in [5, 5.41) is 13.9. The fraction of sp³-hybridized carbons (Fsp3) is 0.759. The molecule has 0 aromatic carbocycles. The zero-order chi connectivity index (χ0) is 46.4. The topological polar surface area (TPSA) is 105 Å². The number of phosphoric acid groups is 1. The number of carbonyl (C=O) groups excluding carboxylic acids is 1. The van der Waals surface area contributed by atoms with Crippen LogP contribution in [-0.4, -0.2) is 73.4 Å². The van der Waals surface area contributed by atoms with E-state index in [1.54, 1.807) is 6.08 Å². The zero-order valence-electron chi connectivity index (χ0n) is 41.5. The third-order valence-corrected chi connectivity index (χ3v) is 12.1. The van der Waals surface area contributed by atoms with E-state index >= 15 is 0 Å². The van der Waals surface area contributed by atoms with Gasteiger partial charge in [0, 0.05) is 6.42 Å². The lowest BCUT2D eigenvalue weighted by Gasteiger charge is -2.25. The number of aliphatic hydroxyl groups is 1. The minimum Gasteiger partial charge on any atom is -0.387 e. The van der Waals surface area contributed by atoms with Crippen LogP contribution >= 0.6 is 7.82 Å². The molecule has 0 saturated heterocycles. The van der Waals surface area contributed by atoms with Crippen molar-refractivity contribution in [1.29, 1.82) is 0 Å². The van der Waals surface area contributed by atoms with Crippen molar-refractivity contribution in [2.75, 3.05) is 40.9 Å². The fourth-order valence-electron chi connectivity index (χ4n) is 7.11. The van der Waals surface area contributed by atoms with Crippen LogP contribution in [0.1, 0.15) is 213 Å². The van der Waals surface area contributed by atoms with Crippen molar-refractivity contribution in [3.8, 4) is 0 Å². The minimum atomic E-state index is -4.36. The third-order valence-electron chi connectivity index (χ3n) is 11.2. The highest BCUT2D eigenvalue weighted by Crippen LogP contribution is 2.43. The van der Waals surface area contributed by atoms with Gasteiger partial charge in [0.2, 0.25) is 5.91 Å². The molecule has 366 valence electrons. The van der Waals surface area contributed by atoms with Crippen molar-refractivity contribution < 1.29 is 32.9 Å². The Morgan fingerprint density at radius 1 is 0.556 bits per heavy atom. The van der Waals surface area contributed by atoms with Gasteiger partial charge in [0.15, 0.2) is 0 Å². The second kappa shape index (κ2) is 45.1. The zero-order valence-corrected chi connectivity index (χ0v) is 42.4. The Morgan fingerprint density at radius 3 is 1.46 bits per heavy atom. The highest BCUT2D eigenvalue weighted by Gasteiger charge is 2.27. The number of allylic oxidation sites excluding steroid dienone is 11. The third kappa shape index (κ3) is 47.7. The Bertz CT molecular complexity index is 1250. The van der Waals surface area contributed by atoms with E-state index in [0.717, 1.165) is 77.0 Å². The molecule has 0 aromatic rings. The molecule has 0 fully saturated rings. The maximum absolute atomic E-state index is 12.9. The molecule has 0 aliphatic rings. The van der Waals surface area contributed by atoms with Gasteiger partial charge in [-0.15, -0.1) is 0 Å². The fourth-order valence-corrected chi connectivity index (χ4v) is 7.84. The number of rotatable bonds is 46. The highest BCUT2D eigenvalue weighted by molar-refractivity contribution is 7.47. The van der Waals surface area contributed by atoms with Crippen LogP contribution in [0.2, 0.25) is 0 Å². The van der Waals surface area contributed by atoms with E-state index < -0.39 is 20.0 Å². The molecule has 0 spiro atoms. The molecule has 0 heterocycles. The van der Waals surface area contributed by atoms with E-state index in [2.05, 4.69) is 79.9 Å². The molecule has 0 saturated carbocycles. The van der Waals surface area contributed by atoms with Gasteiger partial charge < -0.3 is 19.8 Å². The molecule has 3 unspecified atom stereocenters. The average molecular weight is 904 g/mol. The molecule has 0 radical (unpaired) electrons. The van der Waals surface area contributed by atoms with Gasteiger partial charge in [-0.1, -0.05) is 209 Å². The lowest BCUT2D eigenvalue weighted by Crippen LogP contribution is -2.45. The van der Waals surface area contributed by atoms with Crippen LogP contribution in [0, 0.1) is 0 Å². The second-order valence-electron chi connectivity index (χ2n) is 18.5. The van der Waals surface area contributed by atoms with E-state index in [1.807, 2.05) is 27.2 Å². The monoisotopic (exact) mass is 904 g/mol. The summed E-state index contributed by atoms with van der Waals surface area (Å²) >= 11 is 0. The number of nitrogens with zero attached hydrogens (tertiary/aromatic N) is 1. The van der Waals surface area contributed by atoms with Crippen LogP contribution < -0.4 is 5.32 Å². The van der Waals surface area contributed by atoms with Gasteiger partial charge in [-0.25, -0.2) is 4.57 Å². The molecule has 0 rings (SSSR count). The molecule has 1 amide bonds. The molecular weight excluding hydrogens is 804 g/mol. The van der Waals surface area contributed by atoms with Gasteiger partial charge in [-0.05, 0) is 70.6 Å². The number of carbonyl (C=O) groups is 1. The number of nitrogens with one attached hydrogen (secondary N) is 1. The number of unbranched alkanes of at least 4 members (excludes halogenated alkanes) is 23. The van der Waals surface area contributed by atoms with Crippen LogP contribution in [0.4, 0.5) is 0 Å². The lowest BCUT2D eigenvalue weighted by atomic mass is 10.0. The van der Waals surface area contributed by atoms with Gasteiger partial charge in [-0.3, -0.25) is 13.8 Å². The standard InChI is InChI=1S/C54H99N2O6P/c1-6-8-10-12-14-16-18-20-22-24-26-27-28-30-31-33-35-37-39-41-43-45-47-53(57)52(51-62-63(59,60)61-50-49-56(3,4)5)55-54(58)48-46-44-42-40-38-36-34-32-29-25-23-21-19-17-15-13-11-9-7-2/h9,11,15,17,21,23,29,32,37,39,45,47,52-53,57H,6-8,10,12-14,16,18-20,22,24-28,30-31,33-36,38,40-44,46,48-51H2,1-5H3,(H-,55,58,59,60)/p+1/b11-9-,17-15-,23-21-,32-29-,39-37+,47-45+. The summed E-state index contributed by atoms with van der Waals surface area (Å²) in [5.41, 5.74) is 0. The smallest absolute Gasteiger partial charge is 0.387 e. The van der Waals surface area contributed by atoms with E-state index in [0.29, 0.717) is 17.4 Å². The summed E-state index contributed by atoms with van der Waals surface area (Å²) in [6, 6.07) is -0.875. The van der Waals surface area contributed by atoms with Gasteiger partial charge in [0.1, 0.15) is 13.2 Å². The number of aliphatic hydroxyl groups excluding tert-OH is 1. The number of hydrogen-bond acceptors (Lipinski definition) is 5. The van der Waals surface area contributed by atoms with Gasteiger partial charge in [0.05, 0.1) is 39.9 Å². The number of likely N-dealkylation sites (N-methyl/N-ethyl adjacent to an activating group) is 1. The second-order valence-corrected chi connectivity index (χ2v) is 20.0. The van der Waals surface area contributed by atoms with Crippen molar-refractivity contribution in [2.45, 2.75) is 225 Å². The molecule has 8 nitrogen and oxygen atoms in total. The summed E-state index contributed by atoms with van der Waals surface area (Å²) < 4.78 is 23.6. The number of phosphoric ester groups is 1. The first-order chi connectivity index (χ1) is 30.5. The molecule has 0 bridgehead atoms. The summed E-state index contributed by atoms with van der Waals surface area (Å²) in [6.07, 6.45) is 61.3. The van der Waals surface area contributed by atoms with E-state index in [1.165, 1.54) is 116 Å². The van der Waals surface area contributed by atoms with Crippen molar-refractivity contribution in [3.63, 3.8) is 0 Å². The van der Waals surface area contributed by atoms with Crippen LogP contribution in [0.5, 0.6) is 0 Å². The lowest BCUT2D eigenvalue weighted by molar-refractivity contribution is -0.870. The van der Waals surface area contributed by atoms with Gasteiger partial charge in [0.25, 0.3) is 0 Å². The van der Waals surface area contributed by atoms with Crippen molar-refractivity contribution in [3.05, 3.63) is 72.9 Å². The molecule has 63 heavy (non-hydrogen) atoms.